The molecule has 1 atom stereocenters. The molecular weight excluding hydrogens is 449 g/mol. The minimum Gasteiger partial charge on any atom is -0.166 e. The maximum absolute atomic E-state index is 13.4. The normalized spacial score (nSPS) is 18.5. The summed E-state index contributed by atoms with van der Waals surface area (Å²) in [5, 5.41) is 2.52. The molecule has 0 heterocycles. The van der Waals surface area contributed by atoms with Crippen molar-refractivity contribution < 1.29 is 13.2 Å². The van der Waals surface area contributed by atoms with Crippen molar-refractivity contribution in [3.8, 4) is 0 Å². The molecule has 0 N–H and O–H groups in total. The van der Waals surface area contributed by atoms with Crippen LogP contribution in [0.3, 0.4) is 0 Å². The van der Waals surface area contributed by atoms with Crippen molar-refractivity contribution in [2.45, 2.75) is 31.9 Å². The fourth-order valence-corrected chi connectivity index (χ4v) is 5.30. The molecule has 3 aromatic rings. The molecule has 1 unspecified atom stereocenters. The molecule has 0 bridgehead atoms. The molecule has 2 aliphatic rings. The molecule has 2 aliphatic carbocycles. The lowest BCUT2D eigenvalue weighted by molar-refractivity contribution is -0.138. The van der Waals surface area contributed by atoms with Crippen LogP contribution in [0, 0.1) is 5.92 Å². The average Bonchev–Trinajstić information content (AvgIpc) is 2.72. The molecule has 0 saturated carbocycles. The van der Waals surface area contributed by atoms with Gasteiger partial charge in [-0.3, -0.25) is 0 Å². The summed E-state index contributed by atoms with van der Waals surface area (Å²) in [6, 6.07) is 16.7. The van der Waals surface area contributed by atoms with Gasteiger partial charge in [-0.15, -0.1) is 0 Å². The minimum absolute atomic E-state index is 0.102. The zero-order chi connectivity index (χ0) is 20.9. The molecule has 0 nitrogen and oxygen atoms in total. The van der Waals surface area contributed by atoms with E-state index in [1.54, 1.807) is 12.1 Å². The number of fused-ring (bicyclic) bond motifs is 4. The molecule has 0 radical (unpaired) electrons. The van der Waals surface area contributed by atoms with Gasteiger partial charge in [-0.05, 0) is 82.8 Å². The van der Waals surface area contributed by atoms with Gasteiger partial charge in [0.2, 0.25) is 0 Å². The number of benzene rings is 3. The molecule has 3 aromatic carbocycles. The zero-order valence-corrected chi connectivity index (χ0v) is 17.9. The number of allylic oxidation sites excluding steroid dienone is 4. The molecule has 152 valence electrons. The third kappa shape index (κ3) is 3.51. The smallest absolute Gasteiger partial charge is 0.166 e. The van der Waals surface area contributed by atoms with Crippen LogP contribution in [-0.4, -0.2) is 0 Å². The van der Waals surface area contributed by atoms with Crippen LogP contribution in [0.4, 0.5) is 13.2 Å². The van der Waals surface area contributed by atoms with Crippen molar-refractivity contribution in [3.63, 3.8) is 0 Å². The minimum atomic E-state index is -4.31. The number of hydrogen-bond donors (Lipinski definition) is 0. The molecule has 0 amide bonds. The largest absolute Gasteiger partial charge is 0.416 e. The van der Waals surface area contributed by atoms with Gasteiger partial charge in [0.05, 0.1) is 5.56 Å². The van der Waals surface area contributed by atoms with Crippen molar-refractivity contribution in [2.75, 3.05) is 0 Å². The Labute approximate surface area is 182 Å². The molecule has 0 saturated heterocycles. The van der Waals surface area contributed by atoms with Gasteiger partial charge in [-0.25, -0.2) is 0 Å². The first-order valence-electron chi connectivity index (χ1n) is 10.2. The predicted octanol–water partition coefficient (Wildman–Crippen LogP) is 8.14. The van der Waals surface area contributed by atoms with E-state index >= 15 is 0 Å². The van der Waals surface area contributed by atoms with E-state index in [0.29, 0.717) is 12.0 Å². The van der Waals surface area contributed by atoms with Crippen LogP contribution in [0.25, 0.3) is 16.3 Å². The third-order valence-electron chi connectivity index (χ3n) is 6.29. The predicted molar refractivity (Wildman–Crippen MR) is 119 cm³/mol. The molecule has 4 heteroatoms. The Kier molecular flexibility index (Phi) is 4.85. The first-order valence-corrected chi connectivity index (χ1v) is 11.0. The highest BCUT2D eigenvalue weighted by Crippen LogP contribution is 2.42. The Balaban J connectivity index is 1.45. The fraction of sp³-hybridized carbons (Fsp3) is 0.231. The van der Waals surface area contributed by atoms with Crippen molar-refractivity contribution in [1.82, 2.24) is 0 Å². The van der Waals surface area contributed by atoms with Crippen LogP contribution in [0.1, 0.15) is 35.1 Å². The highest BCUT2D eigenvalue weighted by molar-refractivity contribution is 9.10. The van der Waals surface area contributed by atoms with E-state index in [1.807, 2.05) is 0 Å². The van der Waals surface area contributed by atoms with E-state index < -0.39 is 11.7 Å². The fourth-order valence-electron chi connectivity index (χ4n) is 4.92. The third-order valence-corrected chi connectivity index (χ3v) is 6.78. The lowest BCUT2D eigenvalue weighted by atomic mass is 9.76. The van der Waals surface area contributed by atoms with E-state index in [-0.39, 0.29) is 5.92 Å². The number of halogens is 4. The maximum Gasteiger partial charge on any atom is 0.416 e. The summed E-state index contributed by atoms with van der Waals surface area (Å²) < 4.78 is 41.2. The first kappa shape index (κ1) is 19.6. The first-order chi connectivity index (χ1) is 14.4. The average molecular weight is 469 g/mol. The molecule has 0 fully saturated rings. The Morgan fingerprint density at radius 3 is 2.63 bits per heavy atom. The van der Waals surface area contributed by atoms with Gasteiger partial charge in [0.15, 0.2) is 0 Å². The Morgan fingerprint density at radius 1 is 0.967 bits per heavy atom. The summed E-state index contributed by atoms with van der Waals surface area (Å²) >= 11 is 3.54. The van der Waals surface area contributed by atoms with E-state index in [9.17, 15) is 13.2 Å². The highest BCUT2D eigenvalue weighted by atomic mass is 79.9. The topological polar surface area (TPSA) is 0 Å². The Hall–Kier alpha value is -2.33. The van der Waals surface area contributed by atoms with Gasteiger partial charge in [-0.1, -0.05) is 70.1 Å². The van der Waals surface area contributed by atoms with Crippen LogP contribution in [0.2, 0.25) is 0 Å². The van der Waals surface area contributed by atoms with Crippen LogP contribution < -0.4 is 0 Å². The second kappa shape index (κ2) is 7.42. The summed E-state index contributed by atoms with van der Waals surface area (Å²) in [4.78, 5) is 0. The van der Waals surface area contributed by atoms with Crippen LogP contribution in [-0.2, 0) is 19.0 Å². The second-order valence-electron chi connectivity index (χ2n) is 8.16. The summed E-state index contributed by atoms with van der Waals surface area (Å²) in [5.41, 5.74) is 5.17. The zero-order valence-electron chi connectivity index (χ0n) is 16.3. The number of alkyl halides is 3. The van der Waals surface area contributed by atoms with Crippen molar-refractivity contribution in [2.24, 2.45) is 5.92 Å². The van der Waals surface area contributed by atoms with Crippen LogP contribution >= 0.6 is 15.9 Å². The SMILES string of the molecule is FC(F)(F)c1ccccc1CC1C=CC2=C(CCc3c2ccc2cc(Br)ccc32)C1. The van der Waals surface area contributed by atoms with Crippen molar-refractivity contribution in [3.05, 3.63) is 99.0 Å². The Bertz CT molecular complexity index is 1200. The van der Waals surface area contributed by atoms with E-state index in [0.717, 1.165) is 23.7 Å². The standard InChI is InChI=1S/C26H20BrF3/c27-20-8-12-22-18(15-20)7-11-23-21-9-5-16(13-17(21)6-10-24(22)23)14-19-3-1-2-4-25(19)26(28,29)30/h1-5,7-9,11-12,15-16H,6,10,13-14H2. The van der Waals surface area contributed by atoms with Gasteiger partial charge in [0, 0.05) is 4.47 Å². The molecule has 0 aliphatic heterocycles. The molecule has 5 rings (SSSR count). The summed E-state index contributed by atoms with van der Waals surface area (Å²) in [6.07, 6.45) is 3.14. The highest BCUT2D eigenvalue weighted by Gasteiger charge is 2.33. The second-order valence-corrected chi connectivity index (χ2v) is 9.07. The molecule has 30 heavy (non-hydrogen) atoms. The number of aryl methyl sites for hydroxylation is 1. The molecular formula is C26H20BrF3. The summed E-state index contributed by atoms with van der Waals surface area (Å²) in [6.45, 7) is 0. The van der Waals surface area contributed by atoms with E-state index in [1.165, 1.54) is 45.2 Å². The van der Waals surface area contributed by atoms with Gasteiger partial charge in [-0.2, -0.15) is 13.2 Å². The quantitative estimate of drug-likeness (QED) is 0.355. The van der Waals surface area contributed by atoms with Crippen molar-refractivity contribution in [1.29, 1.82) is 0 Å². The number of hydrogen-bond acceptors (Lipinski definition) is 0. The van der Waals surface area contributed by atoms with Gasteiger partial charge in [0.25, 0.3) is 0 Å². The van der Waals surface area contributed by atoms with E-state index in [4.69, 9.17) is 0 Å². The van der Waals surface area contributed by atoms with E-state index in [2.05, 4.69) is 58.4 Å². The van der Waals surface area contributed by atoms with Gasteiger partial charge in [0.1, 0.15) is 0 Å². The van der Waals surface area contributed by atoms with Gasteiger partial charge < -0.3 is 0 Å². The lowest BCUT2D eigenvalue weighted by Crippen LogP contribution is -2.15. The van der Waals surface area contributed by atoms with Crippen LogP contribution in [0.5, 0.6) is 0 Å². The monoisotopic (exact) mass is 468 g/mol. The van der Waals surface area contributed by atoms with Crippen LogP contribution in [0.15, 0.2) is 76.8 Å². The summed E-state index contributed by atoms with van der Waals surface area (Å²) in [7, 11) is 0. The van der Waals surface area contributed by atoms with Crippen molar-refractivity contribution >= 4 is 32.3 Å². The summed E-state index contributed by atoms with van der Waals surface area (Å²) in [5.74, 6) is 0.102. The Morgan fingerprint density at radius 2 is 1.80 bits per heavy atom. The molecule has 0 aromatic heterocycles. The lowest BCUT2D eigenvalue weighted by Gasteiger charge is -2.29. The van der Waals surface area contributed by atoms with Gasteiger partial charge >= 0.3 is 6.18 Å². The molecule has 0 spiro atoms. The maximum atomic E-state index is 13.4. The number of rotatable bonds is 2.